The smallest absolute Gasteiger partial charge is 0.230 e. The molecule has 0 atom stereocenters. The lowest BCUT2D eigenvalue weighted by atomic mass is 10.2. The molecule has 1 aromatic heterocycles. The van der Waals surface area contributed by atoms with Crippen molar-refractivity contribution in [3.05, 3.63) is 77.6 Å². The fourth-order valence-electron chi connectivity index (χ4n) is 2.39. The largest absolute Gasteiger partial charge is 0.351 e. The lowest BCUT2D eigenvalue weighted by molar-refractivity contribution is -0.118. The molecule has 128 valence electrons. The quantitative estimate of drug-likeness (QED) is 0.664. The van der Waals surface area contributed by atoms with Crippen LogP contribution in [0.5, 0.6) is 0 Å². The van der Waals surface area contributed by atoms with Crippen molar-refractivity contribution < 1.29 is 4.79 Å². The Morgan fingerprint density at radius 3 is 2.32 bits per heavy atom. The van der Waals surface area contributed by atoms with Gasteiger partial charge in [0.25, 0.3) is 0 Å². The molecular weight excluding hydrogens is 332 g/mol. The molecule has 0 aliphatic rings. The molecule has 0 spiro atoms. The third-order valence-corrected chi connectivity index (χ3v) is 4.72. The van der Waals surface area contributed by atoms with Gasteiger partial charge >= 0.3 is 0 Å². The standard InChI is InChI=1S/C19H20N4OS/c1-15-21-22-19(23(15)13-17-10-6-3-7-11-17)25-14-18(24)20-12-16-8-4-2-5-9-16/h2-11H,12-14H2,1H3,(H,20,24). The summed E-state index contributed by atoms with van der Waals surface area (Å²) in [6, 6.07) is 20.0. The van der Waals surface area contributed by atoms with Crippen molar-refractivity contribution in [3.63, 3.8) is 0 Å². The van der Waals surface area contributed by atoms with Gasteiger partial charge < -0.3 is 9.88 Å². The summed E-state index contributed by atoms with van der Waals surface area (Å²) < 4.78 is 2.03. The van der Waals surface area contributed by atoms with Gasteiger partial charge in [0, 0.05) is 6.54 Å². The van der Waals surface area contributed by atoms with Gasteiger partial charge in [0.2, 0.25) is 5.91 Å². The number of amides is 1. The lowest BCUT2D eigenvalue weighted by Gasteiger charge is -2.09. The monoisotopic (exact) mass is 352 g/mol. The fraction of sp³-hybridized carbons (Fsp3) is 0.211. The summed E-state index contributed by atoms with van der Waals surface area (Å²) in [4.78, 5) is 12.1. The molecule has 0 bridgehead atoms. The van der Waals surface area contributed by atoms with Gasteiger partial charge in [-0.15, -0.1) is 10.2 Å². The summed E-state index contributed by atoms with van der Waals surface area (Å²) >= 11 is 1.41. The second-order valence-electron chi connectivity index (χ2n) is 5.65. The zero-order valence-electron chi connectivity index (χ0n) is 14.1. The van der Waals surface area contributed by atoms with E-state index in [9.17, 15) is 4.79 Å². The summed E-state index contributed by atoms with van der Waals surface area (Å²) in [5, 5.41) is 12.0. The van der Waals surface area contributed by atoms with E-state index >= 15 is 0 Å². The van der Waals surface area contributed by atoms with Gasteiger partial charge in [-0.25, -0.2) is 0 Å². The number of carbonyl (C=O) groups excluding carboxylic acids is 1. The van der Waals surface area contributed by atoms with Crippen molar-refractivity contribution >= 4 is 17.7 Å². The summed E-state index contributed by atoms with van der Waals surface area (Å²) in [6.45, 7) is 3.17. The third kappa shape index (κ3) is 4.93. The molecule has 0 radical (unpaired) electrons. The molecule has 6 heteroatoms. The van der Waals surface area contributed by atoms with E-state index in [4.69, 9.17) is 0 Å². The van der Waals surface area contributed by atoms with Gasteiger partial charge in [-0.2, -0.15) is 0 Å². The minimum absolute atomic E-state index is 0.0132. The van der Waals surface area contributed by atoms with Gasteiger partial charge in [-0.05, 0) is 18.1 Å². The number of benzene rings is 2. The van der Waals surface area contributed by atoms with Crippen LogP contribution in [0.1, 0.15) is 17.0 Å². The van der Waals surface area contributed by atoms with E-state index < -0.39 is 0 Å². The van der Waals surface area contributed by atoms with Gasteiger partial charge in [-0.3, -0.25) is 4.79 Å². The number of aryl methyl sites for hydroxylation is 1. The highest BCUT2D eigenvalue weighted by Gasteiger charge is 2.12. The van der Waals surface area contributed by atoms with Crippen molar-refractivity contribution in [1.29, 1.82) is 0 Å². The number of carbonyl (C=O) groups is 1. The zero-order chi connectivity index (χ0) is 17.5. The number of thioether (sulfide) groups is 1. The molecule has 0 aliphatic heterocycles. The Kier molecular flexibility index (Phi) is 5.85. The van der Waals surface area contributed by atoms with E-state index in [1.807, 2.05) is 60.0 Å². The molecule has 0 aliphatic carbocycles. The van der Waals surface area contributed by atoms with E-state index in [0.29, 0.717) is 18.8 Å². The second-order valence-corrected chi connectivity index (χ2v) is 6.60. The van der Waals surface area contributed by atoms with Crippen LogP contribution in [0, 0.1) is 6.92 Å². The molecule has 2 aromatic carbocycles. The summed E-state index contributed by atoms with van der Waals surface area (Å²) in [5.74, 6) is 1.15. The Balaban J connectivity index is 1.55. The Bertz CT molecular complexity index is 818. The Morgan fingerprint density at radius 1 is 1.00 bits per heavy atom. The van der Waals surface area contributed by atoms with E-state index in [2.05, 4.69) is 27.6 Å². The fourth-order valence-corrected chi connectivity index (χ4v) is 3.21. The summed E-state index contributed by atoms with van der Waals surface area (Å²) in [6.07, 6.45) is 0. The highest BCUT2D eigenvalue weighted by Crippen LogP contribution is 2.18. The number of rotatable bonds is 7. The first-order valence-corrected chi connectivity index (χ1v) is 9.08. The van der Waals surface area contributed by atoms with Crippen molar-refractivity contribution in [2.45, 2.75) is 25.2 Å². The van der Waals surface area contributed by atoms with Crippen LogP contribution in [0.2, 0.25) is 0 Å². The molecule has 0 unspecified atom stereocenters. The van der Waals surface area contributed by atoms with Gasteiger partial charge in [0.15, 0.2) is 5.16 Å². The Hall–Kier alpha value is -2.60. The predicted octanol–water partition coefficient (Wildman–Crippen LogP) is 3.04. The molecular formula is C19H20N4OS. The molecule has 1 heterocycles. The minimum atomic E-state index is -0.0132. The molecule has 5 nitrogen and oxygen atoms in total. The van der Waals surface area contributed by atoms with E-state index in [1.54, 1.807) is 0 Å². The van der Waals surface area contributed by atoms with Crippen molar-refractivity contribution in [1.82, 2.24) is 20.1 Å². The molecule has 0 fully saturated rings. The SMILES string of the molecule is Cc1nnc(SCC(=O)NCc2ccccc2)n1Cc1ccccc1. The maximum Gasteiger partial charge on any atom is 0.230 e. The van der Waals surface area contributed by atoms with E-state index in [1.165, 1.54) is 17.3 Å². The highest BCUT2D eigenvalue weighted by atomic mass is 32.2. The number of nitrogens with zero attached hydrogens (tertiary/aromatic N) is 3. The Labute approximate surface area is 151 Å². The van der Waals surface area contributed by atoms with Gasteiger partial charge in [-0.1, -0.05) is 72.4 Å². The van der Waals surface area contributed by atoms with Crippen LogP contribution in [0.3, 0.4) is 0 Å². The van der Waals surface area contributed by atoms with Crippen LogP contribution < -0.4 is 5.32 Å². The van der Waals surface area contributed by atoms with E-state index in [-0.39, 0.29) is 5.91 Å². The summed E-state index contributed by atoms with van der Waals surface area (Å²) in [5.41, 5.74) is 2.27. The first kappa shape index (κ1) is 17.2. The molecule has 1 amide bonds. The summed E-state index contributed by atoms with van der Waals surface area (Å²) in [7, 11) is 0. The highest BCUT2D eigenvalue weighted by molar-refractivity contribution is 7.99. The number of hydrogen-bond donors (Lipinski definition) is 1. The predicted molar refractivity (Wildman–Crippen MR) is 99.3 cm³/mol. The van der Waals surface area contributed by atoms with Crippen LogP contribution >= 0.6 is 11.8 Å². The van der Waals surface area contributed by atoms with Crippen LogP contribution in [0.4, 0.5) is 0 Å². The minimum Gasteiger partial charge on any atom is -0.351 e. The van der Waals surface area contributed by atoms with Gasteiger partial charge in [0.05, 0.1) is 12.3 Å². The Morgan fingerprint density at radius 2 is 1.64 bits per heavy atom. The maximum atomic E-state index is 12.1. The lowest BCUT2D eigenvalue weighted by Crippen LogP contribution is -2.24. The normalized spacial score (nSPS) is 10.6. The van der Waals surface area contributed by atoms with E-state index in [0.717, 1.165) is 16.5 Å². The second kappa shape index (κ2) is 8.48. The number of nitrogens with one attached hydrogen (secondary N) is 1. The molecule has 3 aromatic rings. The average molecular weight is 352 g/mol. The van der Waals surface area contributed by atoms with Crippen LogP contribution in [-0.4, -0.2) is 26.4 Å². The first-order valence-electron chi connectivity index (χ1n) is 8.09. The van der Waals surface area contributed by atoms with Crippen LogP contribution in [0.25, 0.3) is 0 Å². The van der Waals surface area contributed by atoms with Crippen LogP contribution in [0.15, 0.2) is 65.8 Å². The molecule has 1 N–H and O–H groups in total. The van der Waals surface area contributed by atoms with Gasteiger partial charge in [0.1, 0.15) is 5.82 Å². The number of hydrogen-bond acceptors (Lipinski definition) is 4. The first-order chi connectivity index (χ1) is 12.2. The third-order valence-electron chi connectivity index (χ3n) is 3.75. The molecule has 3 rings (SSSR count). The van der Waals surface area contributed by atoms with Crippen molar-refractivity contribution in [2.24, 2.45) is 0 Å². The molecule has 0 saturated carbocycles. The van der Waals surface area contributed by atoms with Crippen molar-refractivity contribution in [2.75, 3.05) is 5.75 Å². The van der Waals surface area contributed by atoms with Crippen LogP contribution in [-0.2, 0) is 17.9 Å². The molecule has 0 saturated heterocycles. The average Bonchev–Trinajstić information content (AvgIpc) is 3.00. The molecule has 25 heavy (non-hydrogen) atoms. The zero-order valence-corrected chi connectivity index (χ0v) is 14.9. The van der Waals surface area contributed by atoms with Crippen molar-refractivity contribution in [3.8, 4) is 0 Å². The number of aromatic nitrogens is 3. The topological polar surface area (TPSA) is 59.8 Å². The maximum absolute atomic E-state index is 12.1.